The van der Waals surface area contributed by atoms with Crippen LogP contribution in [0.5, 0.6) is 0 Å². The van der Waals surface area contributed by atoms with Crippen LogP contribution in [-0.2, 0) is 21.3 Å². The number of methoxy groups -OCH3 is 1. The zero-order valence-electron chi connectivity index (χ0n) is 12.8. The topological polar surface area (TPSA) is 62.7 Å². The zero-order valence-corrected chi connectivity index (χ0v) is 13.6. The van der Waals surface area contributed by atoms with Crippen LogP contribution in [0.3, 0.4) is 0 Å². The Bertz CT molecular complexity index is 438. The highest BCUT2D eigenvalue weighted by molar-refractivity contribution is 7.84. The number of ether oxygens (including phenoxy) is 1. The molecule has 0 amide bonds. The van der Waals surface area contributed by atoms with Crippen LogP contribution in [0.4, 0.5) is 0 Å². The lowest BCUT2D eigenvalue weighted by Crippen LogP contribution is -2.39. The molecule has 0 aliphatic rings. The Morgan fingerprint density at radius 3 is 2.62 bits per heavy atom. The van der Waals surface area contributed by atoms with Crippen molar-refractivity contribution in [2.45, 2.75) is 12.2 Å². The number of hydrogen-bond donors (Lipinski definition) is 2. The maximum atomic E-state index is 12.0. The van der Waals surface area contributed by atoms with Gasteiger partial charge < -0.3 is 15.4 Å². The predicted octanol–water partition coefficient (Wildman–Crippen LogP) is 1.14. The first-order valence-corrected chi connectivity index (χ1v) is 8.57. The van der Waals surface area contributed by atoms with E-state index >= 15 is 0 Å². The molecule has 1 aromatic carbocycles. The molecule has 0 fully saturated rings. The van der Waals surface area contributed by atoms with Crippen LogP contribution in [0.25, 0.3) is 0 Å². The van der Waals surface area contributed by atoms with Gasteiger partial charge in [0.1, 0.15) is 0 Å². The highest BCUT2D eigenvalue weighted by Crippen LogP contribution is 2.02. The molecule has 0 bridgehead atoms. The zero-order chi connectivity index (χ0) is 15.3. The Morgan fingerprint density at radius 2 is 1.95 bits per heavy atom. The molecule has 6 heteroatoms. The summed E-state index contributed by atoms with van der Waals surface area (Å²) < 4.78 is 17.0. The largest absolute Gasteiger partial charge is 0.385 e. The monoisotopic (exact) mass is 311 g/mol. The first-order chi connectivity index (χ1) is 10.3. The molecule has 0 aromatic heterocycles. The van der Waals surface area contributed by atoms with Gasteiger partial charge in [-0.15, -0.1) is 0 Å². The minimum atomic E-state index is -0.863. The van der Waals surface area contributed by atoms with Crippen molar-refractivity contribution in [3.63, 3.8) is 0 Å². The molecule has 2 N–H and O–H groups in total. The van der Waals surface area contributed by atoms with E-state index < -0.39 is 10.8 Å². The Hall–Kier alpha value is -1.40. The Morgan fingerprint density at radius 1 is 1.24 bits per heavy atom. The first-order valence-electron chi connectivity index (χ1n) is 7.08. The molecule has 1 atom stereocenters. The third-order valence-corrected chi connectivity index (χ3v) is 4.15. The standard InChI is InChI=1S/C15H25N3O2S/c1-16-15(17-9-6-11-20-2)18-10-12-21(19)13-14-7-4-3-5-8-14/h3-5,7-8H,6,9-13H2,1-2H3,(H2,16,17,18). The highest BCUT2D eigenvalue weighted by atomic mass is 32.2. The van der Waals surface area contributed by atoms with E-state index in [1.807, 2.05) is 30.3 Å². The van der Waals surface area contributed by atoms with E-state index in [9.17, 15) is 4.21 Å². The van der Waals surface area contributed by atoms with Crippen LogP contribution in [0.15, 0.2) is 35.3 Å². The second kappa shape index (κ2) is 11.3. The van der Waals surface area contributed by atoms with Crippen LogP contribution in [0.1, 0.15) is 12.0 Å². The van der Waals surface area contributed by atoms with E-state index in [4.69, 9.17) is 4.74 Å². The highest BCUT2D eigenvalue weighted by Gasteiger charge is 2.02. The molecule has 0 spiro atoms. The molecule has 1 aromatic rings. The summed E-state index contributed by atoms with van der Waals surface area (Å²) in [4.78, 5) is 4.12. The van der Waals surface area contributed by atoms with Crippen LogP contribution in [-0.4, -0.2) is 49.8 Å². The van der Waals surface area contributed by atoms with E-state index in [0.29, 0.717) is 18.1 Å². The molecule has 0 aliphatic heterocycles. The van der Waals surface area contributed by atoms with Crippen molar-refractivity contribution in [2.24, 2.45) is 4.99 Å². The predicted molar refractivity (Wildman–Crippen MR) is 89.0 cm³/mol. The third kappa shape index (κ3) is 8.47. The van der Waals surface area contributed by atoms with Gasteiger partial charge >= 0.3 is 0 Å². The fourth-order valence-corrected chi connectivity index (χ4v) is 2.80. The van der Waals surface area contributed by atoms with Gasteiger partial charge in [-0.1, -0.05) is 30.3 Å². The quantitative estimate of drug-likeness (QED) is 0.408. The lowest BCUT2D eigenvalue weighted by molar-refractivity contribution is 0.195. The van der Waals surface area contributed by atoms with Crippen molar-refractivity contribution in [2.75, 3.05) is 39.6 Å². The van der Waals surface area contributed by atoms with E-state index in [-0.39, 0.29) is 0 Å². The molecule has 0 radical (unpaired) electrons. The van der Waals surface area contributed by atoms with E-state index in [1.165, 1.54) is 0 Å². The molecule has 1 unspecified atom stereocenters. The summed E-state index contributed by atoms with van der Waals surface area (Å²) in [6.45, 7) is 2.18. The summed E-state index contributed by atoms with van der Waals surface area (Å²) in [5.74, 6) is 1.94. The molecule has 5 nitrogen and oxygen atoms in total. The summed E-state index contributed by atoms with van der Waals surface area (Å²) in [7, 11) is 2.55. The summed E-state index contributed by atoms with van der Waals surface area (Å²) >= 11 is 0. The first kappa shape index (κ1) is 17.7. The maximum absolute atomic E-state index is 12.0. The van der Waals surface area contributed by atoms with Crippen molar-refractivity contribution in [1.29, 1.82) is 0 Å². The molecule has 0 saturated carbocycles. The second-order valence-electron chi connectivity index (χ2n) is 4.55. The number of nitrogens with one attached hydrogen (secondary N) is 2. The molecule has 1 rings (SSSR count). The number of benzene rings is 1. The Kier molecular flexibility index (Phi) is 9.48. The van der Waals surface area contributed by atoms with Crippen molar-refractivity contribution < 1.29 is 8.95 Å². The van der Waals surface area contributed by atoms with Gasteiger partial charge in [0, 0.05) is 56.2 Å². The molecule has 21 heavy (non-hydrogen) atoms. The molecule has 118 valence electrons. The number of nitrogens with zero attached hydrogens (tertiary/aromatic N) is 1. The van der Waals surface area contributed by atoms with Crippen molar-refractivity contribution in [1.82, 2.24) is 10.6 Å². The normalized spacial score (nSPS) is 13.0. The van der Waals surface area contributed by atoms with Gasteiger partial charge in [-0.25, -0.2) is 0 Å². The average molecular weight is 311 g/mol. The van der Waals surface area contributed by atoms with Gasteiger partial charge in [0.15, 0.2) is 5.96 Å². The minimum Gasteiger partial charge on any atom is -0.385 e. The molecular formula is C15H25N3O2S. The average Bonchev–Trinajstić information content (AvgIpc) is 2.50. The van der Waals surface area contributed by atoms with Gasteiger partial charge in [-0.2, -0.15) is 0 Å². The summed E-state index contributed by atoms with van der Waals surface area (Å²) in [6, 6.07) is 9.91. The molecule has 0 aliphatic carbocycles. The van der Waals surface area contributed by atoms with Gasteiger partial charge in [-0.05, 0) is 12.0 Å². The van der Waals surface area contributed by atoms with Crippen molar-refractivity contribution in [3.8, 4) is 0 Å². The fourth-order valence-electron chi connectivity index (χ4n) is 1.76. The third-order valence-electron chi connectivity index (χ3n) is 2.83. The smallest absolute Gasteiger partial charge is 0.191 e. The Balaban J connectivity index is 2.17. The maximum Gasteiger partial charge on any atom is 0.191 e. The molecule has 0 heterocycles. The van der Waals surface area contributed by atoms with E-state index in [0.717, 1.165) is 31.1 Å². The van der Waals surface area contributed by atoms with Crippen molar-refractivity contribution >= 4 is 16.8 Å². The lowest BCUT2D eigenvalue weighted by Gasteiger charge is -2.11. The van der Waals surface area contributed by atoms with Crippen LogP contribution in [0.2, 0.25) is 0 Å². The number of hydrogen-bond acceptors (Lipinski definition) is 3. The van der Waals surface area contributed by atoms with Crippen LogP contribution < -0.4 is 10.6 Å². The fraction of sp³-hybridized carbons (Fsp3) is 0.533. The summed E-state index contributed by atoms with van der Waals surface area (Å²) in [6.07, 6.45) is 0.928. The number of rotatable bonds is 9. The lowest BCUT2D eigenvalue weighted by atomic mass is 10.2. The summed E-state index contributed by atoms with van der Waals surface area (Å²) in [5, 5.41) is 6.36. The van der Waals surface area contributed by atoms with Gasteiger partial charge in [-0.3, -0.25) is 9.20 Å². The van der Waals surface area contributed by atoms with E-state index in [1.54, 1.807) is 14.2 Å². The van der Waals surface area contributed by atoms with Gasteiger partial charge in [0.2, 0.25) is 0 Å². The second-order valence-corrected chi connectivity index (χ2v) is 6.12. The SMILES string of the molecule is CN=C(NCCCOC)NCCS(=O)Cc1ccccc1. The molecule has 0 saturated heterocycles. The summed E-state index contributed by atoms with van der Waals surface area (Å²) in [5.41, 5.74) is 1.11. The number of aliphatic imine (C=N–C) groups is 1. The van der Waals surface area contributed by atoms with Crippen LogP contribution in [0, 0.1) is 0 Å². The van der Waals surface area contributed by atoms with Gasteiger partial charge in [0.05, 0.1) is 0 Å². The van der Waals surface area contributed by atoms with Gasteiger partial charge in [0.25, 0.3) is 0 Å². The molecular weight excluding hydrogens is 286 g/mol. The number of guanidine groups is 1. The van der Waals surface area contributed by atoms with Crippen LogP contribution >= 0.6 is 0 Å². The Labute approximate surface area is 129 Å². The van der Waals surface area contributed by atoms with E-state index in [2.05, 4.69) is 15.6 Å². The minimum absolute atomic E-state index is 0.600. The van der Waals surface area contributed by atoms with Crippen molar-refractivity contribution in [3.05, 3.63) is 35.9 Å².